The van der Waals surface area contributed by atoms with Crippen LogP contribution in [0.1, 0.15) is 22.2 Å². The van der Waals surface area contributed by atoms with E-state index in [0.717, 1.165) is 25.1 Å². The van der Waals surface area contributed by atoms with Gasteiger partial charge in [-0.25, -0.2) is 0 Å². The van der Waals surface area contributed by atoms with Gasteiger partial charge in [-0.05, 0) is 55.0 Å². The molecule has 2 nitrogen and oxygen atoms in total. The fourth-order valence-corrected chi connectivity index (χ4v) is 3.49. The van der Waals surface area contributed by atoms with Crippen molar-refractivity contribution in [2.75, 3.05) is 5.32 Å². The van der Waals surface area contributed by atoms with Gasteiger partial charge in [0.25, 0.3) is 0 Å². The summed E-state index contributed by atoms with van der Waals surface area (Å²) in [6.45, 7) is 2.07. The van der Waals surface area contributed by atoms with Crippen molar-refractivity contribution in [3.05, 3.63) is 73.7 Å². The van der Waals surface area contributed by atoms with Crippen LogP contribution in [0.4, 0.5) is 5.69 Å². The van der Waals surface area contributed by atoms with Crippen molar-refractivity contribution in [1.29, 1.82) is 0 Å². The first-order valence-corrected chi connectivity index (χ1v) is 8.43. The molecular weight excluding hydrogens is 370 g/mol. The van der Waals surface area contributed by atoms with Gasteiger partial charge < -0.3 is 9.73 Å². The van der Waals surface area contributed by atoms with E-state index in [1.54, 1.807) is 17.6 Å². The largest absolute Gasteiger partial charge is 0.467 e. The Kier molecular flexibility index (Phi) is 4.38. The number of hydrogen-bond acceptors (Lipinski definition) is 3. The Morgan fingerprint density at radius 1 is 1.24 bits per heavy atom. The number of rotatable bonds is 4. The number of furan rings is 1. The number of aryl methyl sites for hydroxylation is 1. The highest BCUT2D eigenvalue weighted by molar-refractivity contribution is 9.10. The summed E-state index contributed by atoms with van der Waals surface area (Å²) in [7, 11) is 0. The van der Waals surface area contributed by atoms with Gasteiger partial charge in [-0.1, -0.05) is 27.5 Å². The van der Waals surface area contributed by atoms with E-state index in [2.05, 4.69) is 34.2 Å². The third kappa shape index (κ3) is 3.34. The van der Waals surface area contributed by atoms with E-state index in [9.17, 15) is 0 Å². The Hall–Kier alpha value is -1.23. The van der Waals surface area contributed by atoms with E-state index < -0.39 is 0 Å². The summed E-state index contributed by atoms with van der Waals surface area (Å²) in [5, 5.41) is 3.52. The Labute approximate surface area is 140 Å². The molecule has 1 atom stereocenters. The van der Waals surface area contributed by atoms with Crippen molar-refractivity contribution in [3.8, 4) is 0 Å². The summed E-state index contributed by atoms with van der Waals surface area (Å²) in [6, 6.07) is 13.9. The van der Waals surface area contributed by atoms with Gasteiger partial charge in [0.2, 0.25) is 0 Å². The second kappa shape index (κ2) is 6.26. The second-order valence-corrected chi connectivity index (χ2v) is 7.30. The summed E-state index contributed by atoms with van der Waals surface area (Å²) in [6.07, 6.45) is 1.69. The van der Waals surface area contributed by atoms with Crippen LogP contribution in [0.3, 0.4) is 0 Å². The maximum absolute atomic E-state index is 6.07. The number of benzene rings is 1. The van der Waals surface area contributed by atoms with Gasteiger partial charge in [0.05, 0.1) is 10.6 Å². The number of nitrogens with one attached hydrogen (secondary N) is 1. The monoisotopic (exact) mass is 381 g/mol. The highest BCUT2D eigenvalue weighted by atomic mass is 79.9. The fraction of sp³-hybridized carbons (Fsp3) is 0.125. The lowest BCUT2D eigenvalue weighted by Gasteiger charge is -2.17. The number of thiophene rings is 1. The quantitative estimate of drug-likeness (QED) is 0.575. The third-order valence-electron chi connectivity index (χ3n) is 3.18. The first-order chi connectivity index (χ1) is 10.1. The average molecular weight is 383 g/mol. The molecule has 3 aromatic rings. The molecule has 0 saturated heterocycles. The minimum absolute atomic E-state index is 0.0434. The molecule has 0 amide bonds. The van der Waals surface area contributed by atoms with Gasteiger partial charge in [-0.15, -0.1) is 11.3 Å². The van der Waals surface area contributed by atoms with Crippen LogP contribution in [0.2, 0.25) is 4.34 Å². The van der Waals surface area contributed by atoms with Gasteiger partial charge in [-0.2, -0.15) is 0 Å². The minimum atomic E-state index is -0.0434. The van der Waals surface area contributed by atoms with E-state index in [0.29, 0.717) is 0 Å². The molecule has 0 bridgehead atoms. The van der Waals surface area contributed by atoms with Gasteiger partial charge in [0.15, 0.2) is 0 Å². The Morgan fingerprint density at radius 3 is 2.71 bits per heavy atom. The molecule has 2 aromatic heterocycles. The summed E-state index contributed by atoms with van der Waals surface area (Å²) in [5.41, 5.74) is 2.23. The lowest BCUT2D eigenvalue weighted by atomic mass is 10.1. The Morgan fingerprint density at radius 2 is 2.10 bits per heavy atom. The minimum Gasteiger partial charge on any atom is -0.467 e. The standard InChI is InChI=1S/C16H13BrClNOS/c1-10-9-11(4-5-12(10)17)19-16(13-3-2-8-20-13)14-6-7-15(18)21-14/h2-9,16,19H,1H3. The van der Waals surface area contributed by atoms with Crippen molar-refractivity contribution in [3.63, 3.8) is 0 Å². The van der Waals surface area contributed by atoms with Crippen LogP contribution in [0.15, 0.2) is 57.6 Å². The Bertz CT molecular complexity index is 739. The van der Waals surface area contributed by atoms with E-state index >= 15 is 0 Å². The molecule has 1 aromatic carbocycles. The third-order valence-corrected chi connectivity index (χ3v) is 5.36. The van der Waals surface area contributed by atoms with Crippen LogP contribution < -0.4 is 5.32 Å². The molecule has 21 heavy (non-hydrogen) atoms. The molecule has 5 heteroatoms. The first kappa shape index (κ1) is 14.7. The molecule has 0 aliphatic heterocycles. The van der Waals surface area contributed by atoms with E-state index in [1.807, 2.05) is 36.4 Å². The van der Waals surface area contributed by atoms with Crippen LogP contribution in [-0.2, 0) is 0 Å². The van der Waals surface area contributed by atoms with Crippen LogP contribution in [0.5, 0.6) is 0 Å². The van der Waals surface area contributed by atoms with E-state index in [-0.39, 0.29) is 6.04 Å². The molecule has 108 valence electrons. The molecule has 1 unspecified atom stereocenters. The van der Waals surface area contributed by atoms with Gasteiger partial charge in [0.1, 0.15) is 11.8 Å². The summed E-state index contributed by atoms with van der Waals surface area (Å²) in [4.78, 5) is 1.12. The Balaban J connectivity index is 1.94. The lowest BCUT2D eigenvalue weighted by molar-refractivity contribution is 0.501. The van der Waals surface area contributed by atoms with Crippen molar-refractivity contribution < 1.29 is 4.42 Å². The topological polar surface area (TPSA) is 25.2 Å². The van der Waals surface area contributed by atoms with E-state index in [4.69, 9.17) is 16.0 Å². The van der Waals surface area contributed by atoms with Crippen LogP contribution in [0, 0.1) is 6.92 Å². The van der Waals surface area contributed by atoms with Crippen molar-refractivity contribution in [1.82, 2.24) is 0 Å². The average Bonchev–Trinajstić information content (AvgIpc) is 3.11. The van der Waals surface area contributed by atoms with E-state index in [1.165, 1.54) is 5.56 Å². The molecule has 0 aliphatic rings. The van der Waals surface area contributed by atoms with Crippen molar-refractivity contribution in [2.45, 2.75) is 13.0 Å². The normalized spacial score (nSPS) is 12.3. The van der Waals surface area contributed by atoms with Crippen molar-refractivity contribution >= 4 is 44.6 Å². The highest BCUT2D eigenvalue weighted by Crippen LogP contribution is 2.34. The maximum Gasteiger partial charge on any atom is 0.131 e. The van der Waals surface area contributed by atoms with Crippen LogP contribution >= 0.6 is 38.9 Å². The number of halogens is 2. The second-order valence-electron chi connectivity index (χ2n) is 4.70. The zero-order chi connectivity index (χ0) is 14.8. The fourth-order valence-electron chi connectivity index (χ4n) is 2.12. The molecule has 0 radical (unpaired) electrons. The molecular formula is C16H13BrClNOS. The SMILES string of the molecule is Cc1cc(NC(c2ccco2)c2ccc(Cl)s2)ccc1Br. The van der Waals surface area contributed by atoms with Gasteiger partial charge >= 0.3 is 0 Å². The molecule has 0 aliphatic carbocycles. The lowest BCUT2D eigenvalue weighted by Crippen LogP contribution is -2.10. The number of anilines is 1. The number of hydrogen-bond donors (Lipinski definition) is 1. The van der Waals surface area contributed by atoms with Crippen LogP contribution in [0.25, 0.3) is 0 Å². The molecule has 2 heterocycles. The summed E-state index contributed by atoms with van der Waals surface area (Å²) < 4.78 is 7.45. The summed E-state index contributed by atoms with van der Waals surface area (Å²) in [5.74, 6) is 0.870. The molecule has 3 rings (SSSR count). The smallest absolute Gasteiger partial charge is 0.131 e. The summed E-state index contributed by atoms with van der Waals surface area (Å²) >= 11 is 11.1. The maximum atomic E-state index is 6.07. The van der Waals surface area contributed by atoms with Crippen molar-refractivity contribution in [2.24, 2.45) is 0 Å². The molecule has 0 spiro atoms. The zero-order valence-electron chi connectivity index (χ0n) is 11.3. The predicted molar refractivity (Wildman–Crippen MR) is 92.4 cm³/mol. The van der Waals surface area contributed by atoms with Gasteiger partial charge in [-0.3, -0.25) is 0 Å². The molecule has 0 fully saturated rings. The first-order valence-electron chi connectivity index (χ1n) is 6.45. The highest BCUT2D eigenvalue weighted by Gasteiger charge is 2.19. The zero-order valence-corrected chi connectivity index (χ0v) is 14.4. The van der Waals surface area contributed by atoms with Crippen LogP contribution in [-0.4, -0.2) is 0 Å². The predicted octanol–water partition coefficient (Wildman–Crippen LogP) is 6.27. The molecule has 0 saturated carbocycles. The molecule has 1 N–H and O–H groups in total. The van der Waals surface area contributed by atoms with Gasteiger partial charge in [0, 0.05) is 15.0 Å².